The van der Waals surface area contributed by atoms with Crippen molar-refractivity contribution in [3.8, 4) is 5.75 Å². The lowest BCUT2D eigenvalue weighted by atomic mass is 10.1. The number of hydrogen-bond acceptors (Lipinski definition) is 3. The Labute approximate surface area is 114 Å². The largest absolute Gasteiger partial charge is 0.487 e. The zero-order chi connectivity index (χ0) is 13.8. The van der Waals surface area contributed by atoms with Gasteiger partial charge in [-0.3, -0.25) is 4.98 Å². The summed E-state index contributed by atoms with van der Waals surface area (Å²) in [4.78, 5) is 4.42. The van der Waals surface area contributed by atoms with Gasteiger partial charge in [0.1, 0.15) is 12.4 Å². The SMILES string of the molecule is Cc1cccc(COc2ccc(C(C)N)cc2C)n1. The van der Waals surface area contributed by atoms with Crippen molar-refractivity contribution in [2.45, 2.75) is 33.4 Å². The van der Waals surface area contributed by atoms with E-state index in [1.54, 1.807) is 0 Å². The number of nitrogens with two attached hydrogens (primary N) is 1. The number of hydrogen-bond donors (Lipinski definition) is 1. The maximum Gasteiger partial charge on any atom is 0.130 e. The lowest BCUT2D eigenvalue weighted by Crippen LogP contribution is -2.06. The maximum absolute atomic E-state index is 5.86. The first-order chi connectivity index (χ1) is 9.06. The Morgan fingerprint density at radius 1 is 1.21 bits per heavy atom. The van der Waals surface area contributed by atoms with E-state index in [-0.39, 0.29) is 6.04 Å². The lowest BCUT2D eigenvalue weighted by Gasteiger charge is -2.12. The van der Waals surface area contributed by atoms with E-state index >= 15 is 0 Å². The zero-order valence-electron chi connectivity index (χ0n) is 11.7. The van der Waals surface area contributed by atoms with Crippen LogP contribution in [0, 0.1) is 13.8 Å². The van der Waals surface area contributed by atoms with Crippen molar-refractivity contribution in [1.29, 1.82) is 0 Å². The van der Waals surface area contributed by atoms with E-state index in [1.165, 1.54) is 0 Å². The maximum atomic E-state index is 5.86. The van der Waals surface area contributed by atoms with E-state index in [2.05, 4.69) is 11.1 Å². The van der Waals surface area contributed by atoms with Crippen LogP contribution in [-0.4, -0.2) is 4.98 Å². The molecule has 2 N–H and O–H groups in total. The van der Waals surface area contributed by atoms with Crippen LogP contribution in [0.5, 0.6) is 5.75 Å². The number of nitrogens with zero attached hydrogens (tertiary/aromatic N) is 1. The monoisotopic (exact) mass is 256 g/mol. The molecule has 0 saturated heterocycles. The summed E-state index contributed by atoms with van der Waals surface area (Å²) in [6.45, 7) is 6.48. The Hall–Kier alpha value is -1.87. The molecule has 100 valence electrons. The first-order valence-electron chi connectivity index (χ1n) is 6.47. The molecule has 0 amide bonds. The highest BCUT2D eigenvalue weighted by Gasteiger charge is 2.05. The summed E-state index contributed by atoms with van der Waals surface area (Å²) < 4.78 is 5.81. The van der Waals surface area contributed by atoms with Crippen LogP contribution in [0.1, 0.15) is 35.5 Å². The molecule has 0 spiro atoms. The van der Waals surface area contributed by atoms with Crippen LogP contribution < -0.4 is 10.5 Å². The van der Waals surface area contributed by atoms with Gasteiger partial charge in [0.05, 0.1) is 5.69 Å². The number of pyridine rings is 1. The van der Waals surface area contributed by atoms with E-state index < -0.39 is 0 Å². The Morgan fingerprint density at radius 2 is 2.00 bits per heavy atom. The summed E-state index contributed by atoms with van der Waals surface area (Å²) in [5.74, 6) is 0.882. The third-order valence-corrected chi connectivity index (χ3v) is 3.05. The molecule has 3 nitrogen and oxygen atoms in total. The van der Waals surface area contributed by atoms with Crippen molar-refractivity contribution in [2.75, 3.05) is 0 Å². The Bertz CT molecular complexity index is 564. The summed E-state index contributed by atoms with van der Waals surface area (Å²) in [6, 6.07) is 12.0. The molecule has 0 radical (unpaired) electrons. The van der Waals surface area contributed by atoms with Gasteiger partial charge in [0.25, 0.3) is 0 Å². The Balaban J connectivity index is 2.07. The normalized spacial score (nSPS) is 12.2. The van der Waals surface area contributed by atoms with Crippen LogP contribution in [0.15, 0.2) is 36.4 Å². The van der Waals surface area contributed by atoms with Gasteiger partial charge in [-0.15, -0.1) is 0 Å². The molecule has 2 rings (SSSR count). The number of ether oxygens (including phenoxy) is 1. The van der Waals surface area contributed by atoms with Crippen molar-refractivity contribution in [2.24, 2.45) is 5.73 Å². The molecule has 19 heavy (non-hydrogen) atoms. The minimum atomic E-state index is 0.0474. The third-order valence-electron chi connectivity index (χ3n) is 3.05. The van der Waals surface area contributed by atoms with Crippen molar-refractivity contribution in [3.05, 3.63) is 58.9 Å². The third kappa shape index (κ3) is 3.55. The number of aromatic nitrogens is 1. The molecule has 0 bridgehead atoms. The van der Waals surface area contributed by atoms with Gasteiger partial charge in [-0.25, -0.2) is 0 Å². The van der Waals surface area contributed by atoms with Gasteiger partial charge < -0.3 is 10.5 Å². The fourth-order valence-electron chi connectivity index (χ4n) is 1.95. The number of benzene rings is 1. The fourth-order valence-corrected chi connectivity index (χ4v) is 1.95. The van der Waals surface area contributed by atoms with Crippen LogP contribution in [-0.2, 0) is 6.61 Å². The quantitative estimate of drug-likeness (QED) is 0.913. The second kappa shape index (κ2) is 5.85. The number of rotatable bonds is 4. The standard InChI is InChI=1S/C16H20N2O/c1-11-9-14(13(3)17)7-8-16(11)19-10-15-6-4-5-12(2)18-15/h4-9,13H,10,17H2,1-3H3. The highest BCUT2D eigenvalue weighted by molar-refractivity contribution is 5.37. The van der Waals surface area contributed by atoms with Gasteiger partial charge in [0.2, 0.25) is 0 Å². The average Bonchev–Trinajstić information content (AvgIpc) is 2.37. The zero-order valence-corrected chi connectivity index (χ0v) is 11.7. The van der Waals surface area contributed by atoms with Crippen molar-refractivity contribution in [3.63, 3.8) is 0 Å². The fraction of sp³-hybridized carbons (Fsp3) is 0.312. The first-order valence-corrected chi connectivity index (χ1v) is 6.47. The Morgan fingerprint density at radius 3 is 2.63 bits per heavy atom. The second-order valence-electron chi connectivity index (χ2n) is 4.87. The minimum absolute atomic E-state index is 0.0474. The highest BCUT2D eigenvalue weighted by Crippen LogP contribution is 2.22. The summed E-state index contributed by atoms with van der Waals surface area (Å²) in [5.41, 5.74) is 10.0. The molecular formula is C16H20N2O. The molecule has 0 aliphatic carbocycles. The van der Waals surface area contributed by atoms with E-state index in [1.807, 2.05) is 51.1 Å². The van der Waals surface area contributed by atoms with E-state index in [0.29, 0.717) is 6.61 Å². The first kappa shape index (κ1) is 13.6. The summed E-state index contributed by atoms with van der Waals surface area (Å²) in [7, 11) is 0. The number of aryl methyl sites for hydroxylation is 2. The van der Waals surface area contributed by atoms with Gasteiger partial charge in [-0.05, 0) is 50.1 Å². The molecule has 1 aromatic heterocycles. The molecule has 0 aliphatic heterocycles. The van der Waals surface area contributed by atoms with Gasteiger partial charge in [0.15, 0.2) is 0 Å². The van der Waals surface area contributed by atoms with Gasteiger partial charge in [-0.2, -0.15) is 0 Å². The smallest absolute Gasteiger partial charge is 0.130 e. The molecule has 2 aromatic rings. The molecule has 1 unspecified atom stereocenters. The predicted octanol–water partition coefficient (Wildman–Crippen LogP) is 3.30. The molecule has 1 atom stereocenters. The van der Waals surface area contributed by atoms with Gasteiger partial charge in [0, 0.05) is 11.7 Å². The molecule has 1 aromatic carbocycles. The van der Waals surface area contributed by atoms with E-state index in [9.17, 15) is 0 Å². The lowest BCUT2D eigenvalue weighted by molar-refractivity contribution is 0.299. The molecule has 0 fully saturated rings. The van der Waals surface area contributed by atoms with Crippen LogP contribution in [0.4, 0.5) is 0 Å². The van der Waals surface area contributed by atoms with E-state index in [4.69, 9.17) is 10.5 Å². The van der Waals surface area contributed by atoms with Crippen molar-refractivity contribution >= 4 is 0 Å². The average molecular weight is 256 g/mol. The minimum Gasteiger partial charge on any atom is -0.487 e. The molecular weight excluding hydrogens is 236 g/mol. The highest BCUT2D eigenvalue weighted by atomic mass is 16.5. The summed E-state index contributed by atoms with van der Waals surface area (Å²) in [6.07, 6.45) is 0. The molecule has 3 heteroatoms. The second-order valence-corrected chi connectivity index (χ2v) is 4.87. The molecule has 1 heterocycles. The predicted molar refractivity (Wildman–Crippen MR) is 77.1 cm³/mol. The topological polar surface area (TPSA) is 48.1 Å². The summed E-state index contributed by atoms with van der Waals surface area (Å²) >= 11 is 0. The van der Waals surface area contributed by atoms with Crippen LogP contribution in [0.3, 0.4) is 0 Å². The molecule has 0 saturated carbocycles. The summed E-state index contributed by atoms with van der Waals surface area (Å²) in [5, 5.41) is 0. The van der Waals surface area contributed by atoms with Crippen LogP contribution in [0.2, 0.25) is 0 Å². The van der Waals surface area contributed by atoms with E-state index in [0.717, 1.165) is 28.3 Å². The van der Waals surface area contributed by atoms with Gasteiger partial charge >= 0.3 is 0 Å². The van der Waals surface area contributed by atoms with Gasteiger partial charge in [-0.1, -0.05) is 18.2 Å². The van der Waals surface area contributed by atoms with Crippen molar-refractivity contribution in [1.82, 2.24) is 4.98 Å². The van der Waals surface area contributed by atoms with Crippen LogP contribution >= 0.6 is 0 Å². The van der Waals surface area contributed by atoms with Crippen LogP contribution in [0.25, 0.3) is 0 Å². The molecule has 0 aliphatic rings. The Kier molecular flexibility index (Phi) is 4.17. The van der Waals surface area contributed by atoms with Crippen molar-refractivity contribution < 1.29 is 4.74 Å².